The number of hydrogen-bond donors (Lipinski definition) is 0. The van der Waals surface area contributed by atoms with Crippen LogP contribution in [0, 0.1) is 0 Å². The molecule has 0 aliphatic carbocycles. The standard InChI is InChI=1S/C29H19N/c1-2-12-21-20(10-1)11-9-17-22(21)28-23-13-3-5-15-25(23)29(27-18-7-8-19-30-27)26-16-6-4-14-24(26)28/h1-19H. The Morgan fingerprint density at radius 1 is 0.400 bits per heavy atom. The third-order valence-corrected chi connectivity index (χ3v) is 5.91. The van der Waals surface area contributed by atoms with E-state index in [1.807, 2.05) is 12.3 Å². The van der Waals surface area contributed by atoms with E-state index < -0.39 is 0 Å². The van der Waals surface area contributed by atoms with Gasteiger partial charge in [-0.15, -0.1) is 0 Å². The fourth-order valence-corrected chi connectivity index (χ4v) is 4.65. The molecule has 0 atom stereocenters. The zero-order valence-electron chi connectivity index (χ0n) is 16.4. The van der Waals surface area contributed by atoms with Crippen LogP contribution in [-0.4, -0.2) is 4.98 Å². The Morgan fingerprint density at radius 2 is 0.933 bits per heavy atom. The summed E-state index contributed by atoms with van der Waals surface area (Å²) in [6, 6.07) is 38.8. The Balaban J connectivity index is 1.85. The van der Waals surface area contributed by atoms with Crippen molar-refractivity contribution in [1.29, 1.82) is 0 Å². The molecule has 0 aliphatic rings. The quantitative estimate of drug-likeness (QED) is 0.278. The van der Waals surface area contributed by atoms with Gasteiger partial charge in [0.1, 0.15) is 0 Å². The molecule has 0 N–H and O–H groups in total. The van der Waals surface area contributed by atoms with Gasteiger partial charge in [-0.2, -0.15) is 0 Å². The van der Waals surface area contributed by atoms with Crippen molar-refractivity contribution in [2.75, 3.05) is 0 Å². The second-order valence-corrected chi connectivity index (χ2v) is 7.58. The molecule has 30 heavy (non-hydrogen) atoms. The van der Waals surface area contributed by atoms with Crippen molar-refractivity contribution in [3.63, 3.8) is 0 Å². The highest BCUT2D eigenvalue weighted by Crippen LogP contribution is 2.44. The minimum atomic E-state index is 1.01. The second-order valence-electron chi connectivity index (χ2n) is 7.58. The van der Waals surface area contributed by atoms with Gasteiger partial charge in [-0.1, -0.05) is 97.1 Å². The number of nitrogens with zero attached hydrogens (tertiary/aromatic N) is 1. The third-order valence-electron chi connectivity index (χ3n) is 5.91. The number of pyridine rings is 1. The Bertz CT molecular complexity index is 1470. The maximum Gasteiger partial charge on any atom is 0.0714 e. The van der Waals surface area contributed by atoms with Crippen LogP contribution in [0.15, 0.2) is 115 Å². The van der Waals surface area contributed by atoms with E-state index in [2.05, 4.69) is 103 Å². The average molecular weight is 381 g/mol. The van der Waals surface area contributed by atoms with Crippen molar-refractivity contribution in [3.8, 4) is 22.4 Å². The fourth-order valence-electron chi connectivity index (χ4n) is 4.65. The lowest BCUT2D eigenvalue weighted by molar-refractivity contribution is 1.34. The second kappa shape index (κ2) is 6.82. The molecule has 1 heteroatoms. The predicted octanol–water partition coefficient (Wildman–Crippen LogP) is 7.88. The molecule has 0 saturated heterocycles. The number of hydrogen-bond acceptors (Lipinski definition) is 1. The first kappa shape index (κ1) is 16.9. The van der Waals surface area contributed by atoms with Gasteiger partial charge < -0.3 is 0 Å². The Labute approximate surface area is 175 Å². The van der Waals surface area contributed by atoms with E-state index in [4.69, 9.17) is 4.98 Å². The van der Waals surface area contributed by atoms with Gasteiger partial charge in [0.2, 0.25) is 0 Å². The first-order chi connectivity index (χ1) is 14.9. The van der Waals surface area contributed by atoms with Crippen LogP contribution in [0.25, 0.3) is 54.7 Å². The maximum atomic E-state index is 4.70. The molecule has 140 valence electrons. The van der Waals surface area contributed by atoms with Crippen LogP contribution in [0.5, 0.6) is 0 Å². The molecular weight excluding hydrogens is 362 g/mol. The van der Waals surface area contributed by atoms with Crippen molar-refractivity contribution < 1.29 is 0 Å². The summed E-state index contributed by atoms with van der Waals surface area (Å²) in [4.78, 5) is 4.70. The molecule has 0 amide bonds. The van der Waals surface area contributed by atoms with Crippen LogP contribution >= 0.6 is 0 Å². The highest BCUT2D eigenvalue weighted by Gasteiger charge is 2.17. The molecule has 1 aromatic heterocycles. The lowest BCUT2D eigenvalue weighted by atomic mass is 9.86. The summed E-state index contributed by atoms with van der Waals surface area (Å²) >= 11 is 0. The van der Waals surface area contributed by atoms with Gasteiger partial charge in [-0.3, -0.25) is 4.98 Å². The van der Waals surface area contributed by atoms with E-state index in [1.165, 1.54) is 49.0 Å². The van der Waals surface area contributed by atoms with Gasteiger partial charge in [-0.05, 0) is 55.6 Å². The van der Waals surface area contributed by atoms with Crippen molar-refractivity contribution in [2.24, 2.45) is 0 Å². The van der Waals surface area contributed by atoms with Crippen molar-refractivity contribution >= 4 is 32.3 Å². The van der Waals surface area contributed by atoms with Gasteiger partial charge >= 0.3 is 0 Å². The third kappa shape index (κ3) is 2.53. The topological polar surface area (TPSA) is 12.9 Å². The molecule has 0 bridgehead atoms. The molecule has 0 spiro atoms. The molecule has 0 saturated carbocycles. The molecule has 0 unspecified atom stereocenters. The summed E-state index contributed by atoms with van der Waals surface area (Å²) in [5.41, 5.74) is 4.77. The normalized spacial score (nSPS) is 11.3. The van der Waals surface area contributed by atoms with Crippen LogP contribution in [0.3, 0.4) is 0 Å². The largest absolute Gasteiger partial charge is 0.256 e. The van der Waals surface area contributed by atoms with E-state index in [-0.39, 0.29) is 0 Å². The monoisotopic (exact) mass is 381 g/mol. The molecule has 5 aromatic carbocycles. The first-order valence-corrected chi connectivity index (χ1v) is 10.2. The first-order valence-electron chi connectivity index (χ1n) is 10.2. The summed E-state index contributed by atoms with van der Waals surface area (Å²) in [5.74, 6) is 0. The molecule has 0 aliphatic heterocycles. The van der Waals surface area contributed by atoms with Gasteiger partial charge in [0, 0.05) is 11.8 Å². The van der Waals surface area contributed by atoms with Crippen LogP contribution in [-0.2, 0) is 0 Å². The minimum Gasteiger partial charge on any atom is -0.256 e. The Kier molecular flexibility index (Phi) is 3.85. The molecule has 1 nitrogen and oxygen atoms in total. The van der Waals surface area contributed by atoms with Crippen LogP contribution in [0.2, 0.25) is 0 Å². The highest BCUT2D eigenvalue weighted by atomic mass is 14.7. The lowest BCUT2D eigenvalue weighted by Gasteiger charge is -2.18. The van der Waals surface area contributed by atoms with Crippen LogP contribution < -0.4 is 0 Å². The van der Waals surface area contributed by atoms with E-state index in [0.717, 1.165) is 5.69 Å². The molecule has 0 radical (unpaired) electrons. The van der Waals surface area contributed by atoms with E-state index in [1.54, 1.807) is 0 Å². The SMILES string of the molecule is c1ccc(-c2c3ccccc3c(-c3cccc4ccccc34)c3ccccc23)nc1. The highest BCUT2D eigenvalue weighted by molar-refractivity contribution is 6.23. The minimum absolute atomic E-state index is 1.01. The molecule has 6 rings (SSSR count). The summed E-state index contributed by atoms with van der Waals surface area (Å²) in [5, 5.41) is 7.52. The summed E-state index contributed by atoms with van der Waals surface area (Å²) in [6.07, 6.45) is 1.87. The molecule has 1 heterocycles. The maximum absolute atomic E-state index is 4.70. The molecule has 0 fully saturated rings. The summed E-state index contributed by atoms with van der Waals surface area (Å²) < 4.78 is 0. The van der Waals surface area contributed by atoms with Crippen molar-refractivity contribution in [2.45, 2.75) is 0 Å². The average Bonchev–Trinajstić information content (AvgIpc) is 2.83. The summed E-state index contributed by atoms with van der Waals surface area (Å²) in [6.45, 7) is 0. The van der Waals surface area contributed by atoms with Gasteiger partial charge in [0.25, 0.3) is 0 Å². The zero-order valence-corrected chi connectivity index (χ0v) is 16.4. The van der Waals surface area contributed by atoms with E-state index >= 15 is 0 Å². The van der Waals surface area contributed by atoms with E-state index in [0.29, 0.717) is 0 Å². The van der Waals surface area contributed by atoms with Gasteiger partial charge in [0.05, 0.1) is 5.69 Å². The number of aromatic nitrogens is 1. The predicted molar refractivity (Wildman–Crippen MR) is 128 cm³/mol. The van der Waals surface area contributed by atoms with Crippen LogP contribution in [0.1, 0.15) is 0 Å². The van der Waals surface area contributed by atoms with Crippen molar-refractivity contribution in [3.05, 3.63) is 115 Å². The van der Waals surface area contributed by atoms with E-state index in [9.17, 15) is 0 Å². The van der Waals surface area contributed by atoms with Crippen LogP contribution in [0.4, 0.5) is 0 Å². The smallest absolute Gasteiger partial charge is 0.0714 e. The zero-order chi connectivity index (χ0) is 19.9. The number of benzene rings is 5. The van der Waals surface area contributed by atoms with Crippen molar-refractivity contribution in [1.82, 2.24) is 4.98 Å². The fraction of sp³-hybridized carbons (Fsp3) is 0. The Hall–Kier alpha value is -3.97. The number of rotatable bonds is 2. The number of fused-ring (bicyclic) bond motifs is 3. The molecular formula is C29H19N. The summed E-state index contributed by atoms with van der Waals surface area (Å²) in [7, 11) is 0. The van der Waals surface area contributed by atoms with Gasteiger partial charge in [-0.25, -0.2) is 0 Å². The van der Waals surface area contributed by atoms with Gasteiger partial charge in [0.15, 0.2) is 0 Å². The Morgan fingerprint density at radius 3 is 1.57 bits per heavy atom. The molecule has 6 aromatic rings. The lowest BCUT2D eigenvalue weighted by Crippen LogP contribution is -1.92.